The van der Waals surface area contributed by atoms with E-state index in [2.05, 4.69) is 15.9 Å². The Morgan fingerprint density at radius 3 is 2.25 bits per heavy atom. The summed E-state index contributed by atoms with van der Waals surface area (Å²) in [6.07, 6.45) is 0. The van der Waals surface area contributed by atoms with Gasteiger partial charge < -0.3 is 10.6 Å². The van der Waals surface area contributed by atoms with Gasteiger partial charge in [-0.15, -0.1) is 0 Å². The van der Waals surface area contributed by atoms with Crippen molar-refractivity contribution >= 4 is 35.0 Å². The van der Waals surface area contributed by atoms with Gasteiger partial charge in [-0.3, -0.25) is 14.1 Å². The van der Waals surface area contributed by atoms with E-state index in [1.807, 2.05) is 30.3 Å². The van der Waals surface area contributed by atoms with Crippen LogP contribution >= 0.6 is 11.8 Å². The molecule has 0 saturated carbocycles. The zero-order valence-electron chi connectivity index (χ0n) is 15.3. The first-order valence-corrected chi connectivity index (χ1v) is 9.36. The minimum atomic E-state index is -0.552. The van der Waals surface area contributed by atoms with Gasteiger partial charge in [0.25, 0.3) is 0 Å². The number of anilines is 2. The number of hydrogen-bond acceptors (Lipinski definition) is 5. The van der Waals surface area contributed by atoms with Crippen LogP contribution < -0.4 is 20.9 Å². The molecule has 1 unspecified atom stereocenters. The topological polar surface area (TPSA) is 108 Å². The number of thioether (sulfide) groups is 1. The summed E-state index contributed by atoms with van der Waals surface area (Å²) in [7, 11) is 0. The van der Waals surface area contributed by atoms with Crippen molar-refractivity contribution in [2.75, 3.05) is 10.6 Å². The Morgan fingerprint density at radius 1 is 1.04 bits per heavy atom. The van der Waals surface area contributed by atoms with Gasteiger partial charge in [-0.2, -0.15) is 0 Å². The summed E-state index contributed by atoms with van der Waals surface area (Å²) in [6.45, 7) is 3.13. The van der Waals surface area contributed by atoms with Crippen LogP contribution in [0, 0.1) is 0 Å². The quantitative estimate of drug-likeness (QED) is 0.435. The number of H-pyrrole nitrogens is 1. The molecule has 0 radical (unpaired) electrons. The molecule has 0 aliphatic heterocycles. The Hall–Kier alpha value is -3.33. The fourth-order valence-electron chi connectivity index (χ4n) is 2.42. The van der Waals surface area contributed by atoms with Gasteiger partial charge in [-0.05, 0) is 52.9 Å². The first-order chi connectivity index (χ1) is 13.4. The molecule has 0 saturated heterocycles. The highest BCUT2D eigenvalue weighted by molar-refractivity contribution is 8.00. The molecule has 8 nitrogen and oxygen atoms in total. The third-order valence-electron chi connectivity index (χ3n) is 3.75. The second kappa shape index (κ2) is 8.57. The summed E-state index contributed by atoms with van der Waals surface area (Å²) in [6, 6.07) is 15.9. The molecule has 3 N–H and O–H groups in total. The Bertz CT molecular complexity index is 1030. The lowest BCUT2D eigenvalue weighted by atomic mass is 10.2. The first-order valence-electron chi connectivity index (χ1n) is 8.48. The number of carbonyl (C=O) groups excluding carboxylic acids is 2. The van der Waals surface area contributed by atoms with Crippen molar-refractivity contribution in [3.05, 3.63) is 65.0 Å². The minimum Gasteiger partial charge on any atom is -0.326 e. The molecular formula is C19H19N4O4S+. The van der Waals surface area contributed by atoms with Crippen LogP contribution in [0.4, 0.5) is 11.4 Å². The molecule has 144 valence electrons. The molecule has 0 aliphatic carbocycles. The van der Waals surface area contributed by atoms with Crippen molar-refractivity contribution in [2.45, 2.75) is 24.1 Å². The average Bonchev–Trinajstić information content (AvgIpc) is 3.04. The van der Waals surface area contributed by atoms with Crippen molar-refractivity contribution in [1.29, 1.82) is 0 Å². The maximum Gasteiger partial charge on any atom is 0.442 e. The number of carbonyl (C=O) groups is 2. The van der Waals surface area contributed by atoms with Crippen LogP contribution in [-0.2, 0) is 9.59 Å². The smallest absolute Gasteiger partial charge is 0.326 e. The van der Waals surface area contributed by atoms with Crippen molar-refractivity contribution in [2.24, 2.45) is 0 Å². The summed E-state index contributed by atoms with van der Waals surface area (Å²) < 4.78 is 6.39. The molecule has 3 aromatic rings. The van der Waals surface area contributed by atoms with Crippen LogP contribution in [0.1, 0.15) is 13.8 Å². The fraction of sp³-hybridized carbons (Fsp3) is 0.158. The number of para-hydroxylation sites is 1. The maximum absolute atomic E-state index is 12.5. The van der Waals surface area contributed by atoms with E-state index < -0.39 is 10.9 Å². The molecule has 1 atom stereocenters. The molecule has 2 amide bonds. The highest BCUT2D eigenvalue weighted by Crippen LogP contribution is 2.20. The van der Waals surface area contributed by atoms with Gasteiger partial charge >= 0.3 is 10.7 Å². The normalized spacial score (nSPS) is 11.6. The Labute approximate surface area is 164 Å². The Kier molecular flexibility index (Phi) is 5.95. The highest BCUT2D eigenvalue weighted by atomic mass is 32.2. The number of amides is 2. The molecule has 28 heavy (non-hydrogen) atoms. The van der Waals surface area contributed by atoms with Crippen LogP contribution in [0.25, 0.3) is 5.69 Å². The third-order valence-corrected chi connectivity index (χ3v) is 4.89. The third kappa shape index (κ3) is 4.68. The molecule has 2 aromatic carbocycles. The zero-order valence-corrected chi connectivity index (χ0v) is 16.1. The van der Waals surface area contributed by atoms with Gasteiger partial charge in [0, 0.05) is 30.4 Å². The van der Waals surface area contributed by atoms with E-state index in [4.69, 9.17) is 4.52 Å². The lowest BCUT2D eigenvalue weighted by molar-refractivity contribution is -0.704. The van der Waals surface area contributed by atoms with E-state index in [-0.39, 0.29) is 16.8 Å². The number of rotatable bonds is 6. The number of hydrogen-bond donors (Lipinski definition) is 3. The van der Waals surface area contributed by atoms with Gasteiger partial charge in [0.05, 0.1) is 5.25 Å². The molecule has 1 aromatic heterocycles. The van der Waals surface area contributed by atoms with Gasteiger partial charge in [0.15, 0.2) is 0 Å². The van der Waals surface area contributed by atoms with E-state index in [0.717, 1.165) is 17.4 Å². The average molecular weight is 399 g/mol. The first kappa shape index (κ1) is 19.4. The van der Waals surface area contributed by atoms with Crippen LogP contribution in [0.15, 0.2) is 68.9 Å². The van der Waals surface area contributed by atoms with Gasteiger partial charge in [0.1, 0.15) is 0 Å². The number of nitrogens with one attached hydrogen (secondary N) is 3. The summed E-state index contributed by atoms with van der Waals surface area (Å²) >= 11 is 1.09. The van der Waals surface area contributed by atoms with E-state index in [9.17, 15) is 14.4 Å². The van der Waals surface area contributed by atoms with Gasteiger partial charge in [-0.25, -0.2) is 4.79 Å². The van der Waals surface area contributed by atoms with Crippen LogP contribution in [0.2, 0.25) is 0 Å². The second-order valence-corrected chi connectivity index (χ2v) is 7.29. The number of aromatic amines is 1. The molecular weight excluding hydrogens is 380 g/mol. The van der Waals surface area contributed by atoms with E-state index >= 15 is 0 Å². The maximum atomic E-state index is 12.5. The predicted octanol–water partition coefficient (Wildman–Crippen LogP) is 2.32. The van der Waals surface area contributed by atoms with Gasteiger partial charge in [0.2, 0.25) is 17.5 Å². The number of aromatic nitrogens is 2. The Balaban J connectivity index is 1.69. The van der Waals surface area contributed by atoms with Gasteiger partial charge in [-0.1, -0.05) is 18.2 Å². The standard InChI is InChI=1S/C19H18N4O4S/c1-12(17(25)21-15-10-8-14(9-11-15)20-13(2)24)28-18-19(26)27-22-23(18)16-6-4-3-5-7-16/h3-12,22,26H,1-2H3/p+1. The molecule has 0 spiro atoms. The van der Waals surface area contributed by atoms with Crippen LogP contribution in [0.3, 0.4) is 0 Å². The SMILES string of the molecule is CC(=O)Nc1ccc(NC(=O)C(C)Sc2c(=O)o[nH][n+]2-c2ccccc2)cc1. The fourth-order valence-corrected chi connectivity index (χ4v) is 3.30. The summed E-state index contributed by atoms with van der Waals surface area (Å²) in [4.78, 5) is 35.6. The van der Waals surface area contributed by atoms with Crippen molar-refractivity contribution in [3.63, 3.8) is 0 Å². The largest absolute Gasteiger partial charge is 0.442 e. The lowest BCUT2D eigenvalue weighted by Crippen LogP contribution is -2.37. The van der Waals surface area contributed by atoms with Crippen molar-refractivity contribution < 1.29 is 18.8 Å². The molecule has 9 heteroatoms. The summed E-state index contributed by atoms with van der Waals surface area (Å²) in [5.41, 5.74) is 1.40. The molecule has 0 bridgehead atoms. The molecule has 0 aliphatic rings. The predicted molar refractivity (Wildman–Crippen MR) is 106 cm³/mol. The number of benzene rings is 2. The second-order valence-electron chi connectivity index (χ2n) is 5.96. The van der Waals surface area contributed by atoms with Crippen LogP contribution in [0.5, 0.6) is 0 Å². The molecule has 3 rings (SSSR count). The van der Waals surface area contributed by atoms with E-state index in [1.165, 1.54) is 11.6 Å². The summed E-state index contributed by atoms with van der Waals surface area (Å²) in [5.74, 6) is -0.434. The van der Waals surface area contributed by atoms with Crippen molar-refractivity contribution in [3.8, 4) is 5.69 Å². The molecule has 1 heterocycles. The lowest BCUT2D eigenvalue weighted by Gasteiger charge is -2.10. The molecule has 0 fully saturated rings. The van der Waals surface area contributed by atoms with Crippen LogP contribution in [-0.4, -0.2) is 22.3 Å². The van der Waals surface area contributed by atoms with E-state index in [1.54, 1.807) is 31.2 Å². The van der Waals surface area contributed by atoms with E-state index in [0.29, 0.717) is 11.4 Å². The number of nitrogens with zero attached hydrogens (tertiary/aromatic N) is 1. The highest BCUT2D eigenvalue weighted by Gasteiger charge is 2.28. The minimum absolute atomic E-state index is 0.168. The monoisotopic (exact) mass is 399 g/mol. The Morgan fingerprint density at radius 2 is 1.64 bits per heavy atom. The summed E-state index contributed by atoms with van der Waals surface area (Å²) in [5, 5.41) is 7.72. The zero-order chi connectivity index (χ0) is 20.1. The van der Waals surface area contributed by atoms with Crippen molar-refractivity contribution in [1.82, 2.24) is 5.27 Å².